The number of aromatic nitrogens is 4. The van der Waals surface area contributed by atoms with Gasteiger partial charge in [0, 0.05) is 13.2 Å². The summed E-state index contributed by atoms with van der Waals surface area (Å²) >= 11 is 0. The van der Waals surface area contributed by atoms with Crippen molar-refractivity contribution in [1.29, 1.82) is 0 Å². The second-order valence-corrected chi connectivity index (χ2v) is 4.04. The topological polar surface area (TPSA) is 84.9 Å². The average molecular weight is 274 g/mol. The minimum atomic E-state index is 0.267. The number of hydrogen-bond donors (Lipinski definition) is 2. The number of ether oxygens (including phenoxy) is 1. The maximum absolute atomic E-state index is 5.04. The van der Waals surface area contributed by atoms with Crippen molar-refractivity contribution in [3.63, 3.8) is 0 Å². The molecular weight excluding hydrogens is 256 g/mol. The third-order valence-corrected chi connectivity index (χ3v) is 2.80. The molecule has 2 heterocycles. The van der Waals surface area contributed by atoms with E-state index in [1.54, 1.807) is 13.2 Å². The summed E-state index contributed by atoms with van der Waals surface area (Å²) in [7, 11) is 3.26. The Bertz CT molecular complexity index is 552. The number of pyridine rings is 1. The minimum Gasteiger partial charge on any atom is -0.467 e. The van der Waals surface area contributed by atoms with Gasteiger partial charge in [-0.1, -0.05) is 13.0 Å². The van der Waals surface area contributed by atoms with Gasteiger partial charge in [-0.05, 0) is 18.1 Å². The Morgan fingerprint density at radius 1 is 1.20 bits per heavy atom. The second-order valence-electron chi connectivity index (χ2n) is 4.04. The SMILES string of the molecule is CCc1cccnc1CNc1nc(NC)nc(OC)n1. The summed E-state index contributed by atoms with van der Waals surface area (Å²) in [5.41, 5.74) is 2.19. The molecule has 0 fully saturated rings. The molecule has 2 aromatic rings. The van der Waals surface area contributed by atoms with Crippen LogP contribution < -0.4 is 15.4 Å². The molecule has 20 heavy (non-hydrogen) atoms. The molecule has 2 aromatic heterocycles. The summed E-state index contributed by atoms with van der Waals surface area (Å²) in [5, 5.41) is 6.01. The van der Waals surface area contributed by atoms with Gasteiger partial charge in [0.1, 0.15) is 0 Å². The molecule has 0 unspecified atom stereocenters. The highest BCUT2D eigenvalue weighted by Gasteiger charge is 2.07. The minimum absolute atomic E-state index is 0.267. The standard InChI is InChI=1S/C13H18N6O/c1-4-9-6-5-7-15-10(9)8-16-12-17-11(14-2)18-13(19-12)20-3/h5-7H,4,8H2,1-3H3,(H2,14,16,17,18,19). The van der Waals surface area contributed by atoms with E-state index < -0.39 is 0 Å². The zero-order valence-corrected chi connectivity index (χ0v) is 11.8. The zero-order chi connectivity index (χ0) is 14.4. The molecule has 0 amide bonds. The van der Waals surface area contributed by atoms with Crippen molar-refractivity contribution in [3.05, 3.63) is 29.6 Å². The molecule has 0 aliphatic heterocycles. The van der Waals surface area contributed by atoms with Gasteiger partial charge >= 0.3 is 6.01 Å². The van der Waals surface area contributed by atoms with E-state index in [9.17, 15) is 0 Å². The first kappa shape index (κ1) is 14.0. The normalized spacial score (nSPS) is 10.2. The number of aryl methyl sites for hydroxylation is 1. The molecule has 0 aliphatic rings. The van der Waals surface area contributed by atoms with E-state index in [2.05, 4.69) is 43.6 Å². The highest BCUT2D eigenvalue weighted by Crippen LogP contribution is 2.12. The van der Waals surface area contributed by atoms with Crippen LogP contribution in [-0.4, -0.2) is 34.1 Å². The van der Waals surface area contributed by atoms with Crippen LogP contribution in [0.3, 0.4) is 0 Å². The van der Waals surface area contributed by atoms with E-state index >= 15 is 0 Å². The fourth-order valence-corrected chi connectivity index (χ4v) is 1.75. The maximum Gasteiger partial charge on any atom is 0.322 e. The van der Waals surface area contributed by atoms with Crippen molar-refractivity contribution in [3.8, 4) is 6.01 Å². The van der Waals surface area contributed by atoms with Gasteiger partial charge in [-0.2, -0.15) is 15.0 Å². The lowest BCUT2D eigenvalue weighted by molar-refractivity contribution is 0.379. The van der Waals surface area contributed by atoms with Crippen LogP contribution in [0.2, 0.25) is 0 Å². The van der Waals surface area contributed by atoms with Crippen LogP contribution in [0.4, 0.5) is 11.9 Å². The largest absolute Gasteiger partial charge is 0.467 e. The summed E-state index contributed by atoms with van der Waals surface area (Å²) in [6, 6.07) is 4.27. The van der Waals surface area contributed by atoms with E-state index in [1.165, 1.54) is 12.7 Å². The molecule has 0 saturated heterocycles. The van der Waals surface area contributed by atoms with Crippen molar-refractivity contribution in [2.45, 2.75) is 19.9 Å². The molecule has 106 valence electrons. The molecule has 0 aromatic carbocycles. The van der Waals surface area contributed by atoms with E-state index in [0.29, 0.717) is 18.4 Å². The highest BCUT2D eigenvalue weighted by molar-refractivity contribution is 5.36. The van der Waals surface area contributed by atoms with E-state index in [0.717, 1.165) is 12.1 Å². The van der Waals surface area contributed by atoms with Crippen LogP contribution in [0, 0.1) is 0 Å². The van der Waals surface area contributed by atoms with Gasteiger partial charge in [-0.15, -0.1) is 0 Å². The van der Waals surface area contributed by atoms with E-state index in [-0.39, 0.29) is 6.01 Å². The van der Waals surface area contributed by atoms with Gasteiger partial charge < -0.3 is 15.4 Å². The Morgan fingerprint density at radius 2 is 2.00 bits per heavy atom. The fraction of sp³-hybridized carbons (Fsp3) is 0.385. The Balaban J connectivity index is 2.14. The molecular formula is C13H18N6O. The van der Waals surface area contributed by atoms with Gasteiger partial charge in [-0.3, -0.25) is 4.98 Å². The first-order valence-corrected chi connectivity index (χ1v) is 6.41. The molecule has 0 atom stereocenters. The van der Waals surface area contributed by atoms with Crippen molar-refractivity contribution in [1.82, 2.24) is 19.9 Å². The van der Waals surface area contributed by atoms with Crippen molar-refractivity contribution < 1.29 is 4.74 Å². The summed E-state index contributed by atoms with van der Waals surface area (Å²) in [6.45, 7) is 2.66. The number of nitrogens with zero attached hydrogens (tertiary/aromatic N) is 4. The van der Waals surface area contributed by atoms with Gasteiger partial charge in [0.05, 0.1) is 19.3 Å². The van der Waals surface area contributed by atoms with E-state index in [1.807, 2.05) is 6.07 Å². The van der Waals surface area contributed by atoms with Gasteiger partial charge in [0.2, 0.25) is 11.9 Å². The third-order valence-electron chi connectivity index (χ3n) is 2.80. The van der Waals surface area contributed by atoms with Crippen molar-refractivity contribution in [2.75, 3.05) is 24.8 Å². The first-order valence-electron chi connectivity index (χ1n) is 6.41. The average Bonchev–Trinajstić information content (AvgIpc) is 2.52. The van der Waals surface area contributed by atoms with E-state index in [4.69, 9.17) is 4.74 Å². The van der Waals surface area contributed by atoms with Gasteiger partial charge in [0.15, 0.2) is 0 Å². The van der Waals surface area contributed by atoms with Crippen LogP contribution >= 0.6 is 0 Å². The Morgan fingerprint density at radius 3 is 2.70 bits per heavy atom. The molecule has 0 aliphatic carbocycles. The molecule has 0 bridgehead atoms. The summed E-state index contributed by atoms with van der Waals surface area (Å²) in [6.07, 6.45) is 2.72. The molecule has 7 nitrogen and oxygen atoms in total. The summed E-state index contributed by atoms with van der Waals surface area (Å²) in [5.74, 6) is 0.907. The number of hydrogen-bond acceptors (Lipinski definition) is 7. The van der Waals surface area contributed by atoms with Gasteiger partial charge in [0.25, 0.3) is 0 Å². The maximum atomic E-state index is 5.04. The number of rotatable bonds is 6. The smallest absolute Gasteiger partial charge is 0.322 e. The zero-order valence-electron chi connectivity index (χ0n) is 11.8. The van der Waals surface area contributed by atoms with Crippen LogP contribution in [0.5, 0.6) is 6.01 Å². The molecule has 2 rings (SSSR count). The Labute approximate surface area is 117 Å². The fourth-order valence-electron chi connectivity index (χ4n) is 1.75. The van der Waals surface area contributed by atoms with Gasteiger partial charge in [-0.25, -0.2) is 0 Å². The van der Waals surface area contributed by atoms with Crippen LogP contribution in [0.1, 0.15) is 18.2 Å². The Kier molecular flexibility index (Phi) is 4.65. The lowest BCUT2D eigenvalue weighted by atomic mass is 10.1. The number of nitrogens with one attached hydrogen (secondary N) is 2. The lowest BCUT2D eigenvalue weighted by Gasteiger charge is -2.09. The molecule has 7 heteroatoms. The quantitative estimate of drug-likeness (QED) is 0.825. The highest BCUT2D eigenvalue weighted by atomic mass is 16.5. The Hall–Kier alpha value is -2.44. The van der Waals surface area contributed by atoms with Crippen LogP contribution in [-0.2, 0) is 13.0 Å². The lowest BCUT2D eigenvalue weighted by Crippen LogP contribution is -2.10. The van der Waals surface area contributed by atoms with Crippen LogP contribution in [0.25, 0.3) is 0 Å². The number of methoxy groups -OCH3 is 1. The van der Waals surface area contributed by atoms with Crippen LogP contribution in [0.15, 0.2) is 18.3 Å². The number of anilines is 2. The molecule has 0 radical (unpaired) electrons. The monoisotopic (exact) mass is 274 g/mol. The van der Waals surface area contributed by atoms with Crippen molar-refractivity contribution in [2.24, 2.45) is 0 Å². The van der Waals surface area contributed by atoms with Crippen molar-refractivity contribution >= 4 is 11.9 Å². The second kappa shape index (κ2) is 6.65. The molecule has 2 N–H and O–H groups in total. The summed E-state index contributed by atoms with van der Waals surface area (Å²) < 4.78 is 5.04. The third kappa shape index (κ3) is 3.31. The molecule has 0 saturated carbocycles. The predicted octanol–water partition coefficient (Wildman–Crippen LogP) is 1.49. The first-order chi connectivity index (χ1) is 9.76. The predicted molar refractivity (Wildman–Crippen MR) is 76.9 cm³/mol. The molecule has 0 spiro atoms. The summed E-state index contributed by atoms with van der Waals surface area (Å²) in [4.78, 5) is 16.8.